The molecule has 0 saturated heterocycles. The molecule has 1 aromatic heterocycles. The van der Waals surface area contributed by atoms with Gasteiger partial charge in [0.15, 0.2) is 11.5 Å². The van der Waals surface area contributed by atoms with Gasteiger partial charge in [-0.2, -0.15) is 10.2 Å². The van der Waals surface area contributed by atoms with Crippen LogP contribution in [0.4, 0.5) is 5.69 Å². The first kappa shape index (κ1) is 19.3. The Labute approximate surface area is 158 Å². The van der Waals surface area contributed by atoms with E-state index in [1.54, 1.807) is 6.21 Å². The van der Waals surface area contributed by atoms with Crippen LogP contribution in [0.15, 0.2) is 32.7 Å². The summed E-state index contributed by atoms with van der Waals surface area (Å²) in [6.07, 6.45) is 3.86. The number of nitrogens with one attached hydrogen (secondary N) is 2. The minimum atomic E-state index is -0.485. The van der Waals surface area contributed by atoms with Crippen molar-refractivity contribution in [3.8, 4) is 11.5 Å². The lowest BCUT2D eigenvalue weighted by molar-refractivity contribution is 0.275. The SMILES string of the molecule is CCCOc1c(Br)cc(/C=N\Nc2cn[nH]c(=O)c2Cl)cc1OCC. The molecule has 0 atom stereocenters. The number of anilines is 1. The maximum atomic E-state index is 11.4. The predicted molar refractivity (Wildman–Crippen MR) is 102 cm³/mol. The van der Waals surface area contributed by atoms with Gasteiger partial charge in [-0.3, -0.25) is 10.2 Å². The fourth-order valence-electron chi connectivity index (χ4n) is 1.91. The quantitative estimate of drug-likeness (QED) is 0.492. The van der Waals surface area contributed by atoms with Crippen molar-refractivity contribution < 1.29 is 9.47 Å². The highest BCUT2D eigenvalue weighted by molar-refractivity contribution is 9.10. The Morgan fingerprint density at radius 3 is 2.92 bits per heavy atom. The van der Waals surface area contributed by atoms with Gasteiger partial charge in [-0.25, -0.2) is 5.10 Å². The van der Waals surface area contributed by atoms with E-state index < -0.39 is 5.56 Å². The smallest absolute Gasteiger partial charge is 0.285 e. The second-order valence-corrected chi connectivity index (χ2v) is 6.14. The van der Waals surface area contributed by atoms with Crippen molar-refractivity contribution in [2.24, 2.45) is 5.10 Å². The minimum absolute atomic E-state index is 0.00773. The third-order valence-corrected chi connectivity index (χ3v) is 3.94. The fraction of sp³-hybridized carbons (Fsp3) is 0.312. The van der Waals surface area contributed by atoms with Crippen molar-refractivity contribution in [1.82, 2.24) is 10.2 Å². The molecular weight excluding hydrogens is 412 g/mol. The highest BCUT2D eigenvalue weighted by Gasteiger charge is 2.11. The molecule has 2 aromatic rings. The van der Waals surface area contributed by atoms with Crippen molar-refractivity contribution in [1.29, 1.82) is 0 Å². The van der Waals surface area contributed by atoms with Crippen LogP contribution in [-0.2, 0) is 0 Å². The summed E-state index contributed by atoms with van der Waals surface area (Å²) in [7, 11) is 0. The summed E-state index contributed by atoms with van der Waals surface area (Å²) in [6.45, 7) is 5.06. The zero-order valence-corrected chi connectivity index (χ0v) is 16.1. The normalized spacial score (nSPS) is 10.9. The molecule has 0 spiro atoms. The van der Waals surface area contributed by atoms with E-state index in [-0.39, 0.29) is 5.02 Å². The summed E-state index contributed by atoms with van der Waals surface area (Å²) in [6, 6.07) is 3.68. The van der Waals surface area contributed by atoms with Gasteiger partial charge in [0.25, 0.3) is 5.56 Å². The van der Waals surface area contributed by atoms with Crippen LogP contribution in [0.3, 0.4) is 0 Å². The van der Waals surface area contributed by atoms with Gasteiger partial charge in [-0.1, -0.05) is 18.5 Å². The lowest BCUT2D eigenvalue weighted by atomic mass is 10.2. The summed E-state index contributed by atoms with van der Waals surface area (Å²) in [5, 5.41) is 9.97. The van der Waals surface area contributed by atoms with E-state index >= 15 is 0 Å². The molecule has 0 aliphatic carbocycles. The molecule has 2 rings (SSSR count). The van der Waals surface area contributed by atoms with Crippen LogP contribution in [0.5, 0.6) is 11.5 Å². The monoisotopic (exact) mass is 428 g/mol. The van der Waals surface area contributed by atoms with Crippen molar-refractivity contribution in [2.45, 2.75) is 20.3 Å². The molecule has 134 valence electrons. The van der Waals surface area contributed by atoms with Crippen molar-refractivity contribution in [2.75, 3.05) is 18.6 Å². The van der Waals surface area contributed by atoms with Gasteiger partial charge in [0, 0.05) is 0 Å². The Morgan fingerprint density at radius 2 is 2.20 bits per heavy atom. The molecule has 2 N–H and O–H groups in total. The van der Waals surface area contributed by atoms with E-state index in [9.17, 15) is 4.79 Å². The molecular formula is C16H18BrClN4O3. The topological polar surface area (TPSA) is 88.6 Å². The third-order valence-electron chi connectivity index (χ3n) is 2.98. The number of benzene rings is 1. The first-order valence-electron chi connectivity index (χ1n) is 7.68. The maximum Gasteiger partial charge on any atom is 0.285 e. The van der Waals surface area contributed by atoms with Gasteiger partial charge < -0.3 is 9.47 Å². The average molecular weight is 430 g/mol. The molecule has 0 bridgehead atoms. The van der Waals surface area contributed by atoms with E-state index in [1.807, 2.05) is 26.0 Å². The molecule has 25 heavy (non-hydrogen) atoms. The maximum absolute atomic E-state index is 11.4. The molecule has 1 heterocycles. The highest BCUT2D eigenvalue weighted by Crippen LogP contribution is 2.36. The van der Waals surface area contributed by atoms with E-state index in [1.165, 1.54) is 6.20 Å². The highest BCUT2D eigenvalue weighted by atomic mass is 79.9. The lowest BCUT2D eigenvalue weighted by Crippen LogP contribution is -2.10. The largest absolute Gasteiger partial charge is 0.490 e. The van der Waals surface area contributed by atoms with Crippen LogP contribution >= 0.6 is 27.5 Å². The van der Waals surface area contributed by atoms with Gasteiger partial charge in [0.2, 0.25) is 0 Å². The Hall–Kier alpha value is -2.06. The average Bonchev–Trinajstić information content (AvgIpc) is 2.58. The molecule has 0 saturated carbocycles. The summed E-state index contributed by atoms with van der Waals surface area (Å²) in [5.41, 5.74) is 3.30. The summed E-state index contributed by atoms with van der Waals surface area (Å²) in [5.74, 6) is 1.29. The van der Waals surface area contributed by atoms with E-state index in [4.69, 9.17) is 21.1 Å². The Morgan fingerprint density at radius 1 is 1.40 bits per heavy atom. The number of ether oxygens (including phenoxy) is 2. The summed E-state index contributed by atoms with van der Waals surface area (Å²) in [4.78, 5) is 11.4. The molecule has 0 amide bonds. The molecule has 0 aliphatic heterocycles. The standard InChI is InChI=1S/C16H18BrClN4O3/c1-3-5-25-15-11(17)6-10(7-13(15)24-4-2)8-19-21-12-9-20-22-16(23)14(12)18/h6-9H,3-5H2,1-2H3,(H2,21,22,23)/b19-8-. The van der Waals surface area contributed by atoms with Crippen molar-refractivity contribution >= 4 is 39.4 Å². The fourth-order valence-corrected chi connectivity index (χ4v) is 2.61. The van der Waals surface area contributed by atoms with Gasteiger partial charge >= 0.3 is 0 Å². The number of aromatic amines is 1. The number of rotatable bonds is 8. The number of hydrogen-bond acceptors (Lipinski definition) is 6. The first-order valence-corrected chi connectivity index (χ1v) is 8.85. The Bertz CT molecular complexity index is 810. The Kier molecular flexibility index (Phi) is 7.27. The van der Waals surface area contributed by atoms with E-state index in [2.05, 4.69) is 36.7 Å². The van der Waals surface area contributed by atoms with Crippen LogP contribution < -0.4 is 20.5 Å². The molecule has 0 radical (unpaired) electrons. The van der Waals surface area contributed by atoms with Crippen LogP contribution in [0.1, 0.15) is 25.8 Å². The Balaban J connectivity index is 2.21. The summed E-state index contributed by atoms with van der Waals surface area (Å²) >= 11 is 9.36. The van der Waals surface area contributed by atoms with E-state index in [0.717, 1.165) is 16.5 Å². The minimum Gasteiger partial charge on any atom is -0.490 e. The van der Waals surface area contributed by atoms with Crippen molar-refractivity contribution in [3.63, 3.8) is 0 Å². The zero-order chi connectivity index (χ0) is 18.2. The van der Waals surface area contributed by atoms with Gasteiger partial charge in [0.05, 0.1) is 30.1 Å². The molecule has 0 unspecified atom stereocenters. The number of hydrazone groups is 1. The van der Waals surface area contributed by atoms with Crippen LogP contribution in [-0.4, -0.2) is 29.6 Å². The summed E-state index contributed by atoms with van der Waals surface area (Å²) < 4.78 is 12.1. The molecule has 0 aliphatic rings. The van der Waals surface area contributed by atoms with Crippen LogP contribution in [0, 0.1) is 0 Å². The molecule has 7 nitrogen and oxygen atoms in total. The molecule has 1 aromatic carbocycles. The second kappa shape index (κ2) is 9.43. The number of H-pyrrole nitrogens is 1. The van der Waals surface area contributed by atoms with Gasteiger partial charge in [-0.05, 0) is 47.0 Å². The second-order valence-electron chi connectivity index (χ2n) is 4.91. The first-order chi connectivity index (χ1) is 12.1. The lowest BCUT2D eigenvalue weighted by Gasteiger charge is -2.14. The number of halogens is 2. The number of hydrogen-bond donors (Lipinski definition) is 2. The van der Waals surface area contributed by atoms with E-state index in [0.29, 0.717) is 30.4 Å². The predicted octanol–water partition coefficient (Wildman–Crippen LogP) is 3.82. The third kappa shape index (κ3) is 5.20. The molecule has 9 heteroatoms. The zero-order valence-electron chi connectivity index (χ0n) is 13.8. The number of nitrogens with zero attached hydrogens (tertiary/aromatic N) is 2. The number of aromatic nitrogens is 2. The van der Waals surface area contributed by atoms with Crippen molar-refractivity contribution in [3.05, 3.63) is 43.7 Å². The van der Waals surface area contributed by atoms with Crippen LogP contribution in [0.25, 0.3) is 0 Å². The van der Waals surface area contributed by atoms with Gasteiger partial charge in [-0.15, -0.1) is 0 Å². The van der Waals surface area contributed by atoms with Gasteiger partial charge in [0.1, 0.15) is 10.7 Å². The van der Waals surface area contributed by atoms with Crippen LogP contribution in [0.2, 0.25) is 5.02 Å². The molecule has 0 fully saturated rings.